The first-order valence-corrected chi connectivity index (χ1v) is 11.5. The van der Waals surface area contributed by atoms with Crippen LogP contribution in [0.1, 0.15) is 63.1 Å². The zero-order chi connectivity index (χ0) is 21.6. The maximum Gasteiger partial charge on any atom is 0.257 e. The Morgan fingerprint density at radius 1 is 1.17 bits per heavy atom. The highest BCUT2D eigenvalue weighted by atomic mass is 32.2. The van der Waals surface area contributed by atoms with Crippen molar-refractivity contribution in [2.75, 3.05) is 11.1 Å². The minimum Gasteiger partial charge on any atom is -0.343 e. The standard InChI is InChI=1S/C24H29N3O2S/c1-13(2)12-30-23-26-21-20(22(29)27-23)18(15-8-6-14(3)7-9-15)19-16(25-21)10-24(4,5)11-17(19)28/h6-9,13,18H,10-12H2,1-5H3,(H2,25,26,27,29). The highest BCUT2D eigenvalue weighted by molar-refractivity contribution is 7.99. The van der Waals surface area contributed by atoms with Crippen LogP contribution in [0.2, 0.25) is 0 Å². The Morgan fingerprint density at radius 3 is 2.53 bits per heavy atom. The maximum absolute atomic E-state index is 13.2. The monoisotopic (exact) mass is 423 g/mol. The molecule has 1 aliphatic heterocycles. The lowest BCUT2D eigenvalue weighted by Gasteiger charge is -2.38. The largest absolute Gasteiger partial charge is 0.343 e. The van der Waals surface area contributed by atoms with Crippen molar-refractivity contribution in [3.8, 4) is 0 Å². The van der Waals surface area contributed by atoms with E-state index in [1.54, 1.807) is 11.8 Å². The predicted octanol–water partition coefficient (Wildman–Crippen LogP) is 5.03. The summed E-state index contributed by atoms with van der Waals surface area (Å²) in [6.45, 7) is 10.5. The van der Waals surface area contributed by atoms with Crippen LogP contribution in [0.3, 0.4) is 0 Å². The van der Waals surface area contributed by atoms with Crippen molar-refractivity contribution < 1.29 is 4.79 Å². The van der Waals surface area contributed by atoms with Crippen molar-refractivity contribution in [3.05, 3.63) is 62.6 Å². The second-order valence-electron chi connectivity index (χ2n) is 9.64. The number of carbonyl (C=O) groups excluding carboxylic acids is 1. The van der Waals surface area contributed by atoms with Crippen LogP contribution >= 0.6 is 11.8 Å². The van der Waals surface area contributed by atoms with E-state index in [0.29, 0.717) is 28.9 Å². The summed E-state index contributed by atoms with van der Waals surface area (Å²) >= 11 is 1.55. The van der Waals surface area contributed by atoms with Gasteiger partial charge in [0.15, 0.2) is 10.9 Å². The van der Waals surface area contributed by atoms with E-state index in [9.17, 15) is 9.59 Å². The van der Waals surface area contributed by atoms with E-state index >= 15 is 0 Å². The summed E-state index contributed by atoms with van der Waals surface area (Å²) in [6, 6.07) is 8.10. The number of Topliss-reactive ketones (excluding diaryl/α,β-unsaturated/α-hetero) is 1. The second-order valence-corrected chi connectivity index (χ2v) is 10.6. The van der Waals surface area contributed by atoms with Gasteiger partial charge in [0.2, 0.25) is 0 Å². The molecule has 6 heteroatoms. The van der Waals surface area contributed by atoms with Crippen LogP contribution in [0.5, 0.6) is 0 Å². The van der Waals surface area contributed by atoms with E-state index in [2.05, 4.69) is 38.0 Å². The molecule has 2 heterocycles. The van der Waals surface area contributed by atoms with E-state index in [1.165, 1.54) is 0 Å². The second kappa shape index (κ2) is 7.73. The van der Waals surface area contributed by atoms with Crippen LogP contribution in [0, 0.1) is 18.3 Å². The molecule has 2 aromatic rings. The van der Waals surface area contributed by atoms with E-state index in [-0.39, 0.29) is 22.7 Å². The molecular weight excluding hydrogens is 394 g/mol. The van der Waals surface area contributed by atoms with Crippen LogP contribution in [0.15, 0.2) is 45.5 Å². The number of thioether (sulfide) groups is 1. The van der Waals surface area contributed by atoms with Gasteiger partial charge in [0.1, 0.15) is 5.82 Å². The van der Waals surface area contributed by atoms with E-state index < -0.39 is 0 Å². The molecule has 0 saturated carbocycles. The number of nitrogens with one attached hydrogen (secondary N) is 2. The lowest BCUT2D eigenvalue weighted by atomic mass is 9.69. The number of ketones is 1. The van der Waals surface area contributed by atoms with Gasteiger partial charge in [-0.2, -0.15) is 0 Å². The number of allylic oxidation sites excluding steroid dienone is 2. The van der Waals surface area contributed by atoms with Crippen molar-refractivity contribution in [3.63, 3.8) is 0 Å². The van der Waals surface area contributed by atoms with Crippen molar-refractivity contribution in [1.29, 1.82) is 0 Å². The molecule has 158 valence electrons. The third-order valence-electron chi connectivity index (χ3n) is 5.66. The Labute approximate surface area is 181 Å². The summed E-state index contributed by atoms with van der Waals surface area (Å²) in [5.74, 6) is 1.68. The van der Waals surface area contributed by atoms with E-state index in [1.807, 2.05) is 31.2 Å². The van der Waals surface area contributed by atoms with Crippen LogP contribution in [-0.4, -0.2) is 21.5 Å². The Hall–Kier alpha value is -2.34. The number of carbonyl (C=O) groups is 1. The Balaban J connectivity index is 1.88. The Morgan fingerprint density at radius 2 is 1.87 bits per heavy atom. The number of hydrogen-bond donors (Lipinski definition) is 2. The first-order valence-electron chi connectivity index (χ1n) is 10.5. The molecule has 1 aliphatic carbocycles. The van der Waals surface area contributed by atoms with Gasteiger partial charge in [0.05, 0.1) is 5.56 Å². The lowest BCUT2D eigenvalue weighted by Crippen LogP contribution is -2.37. The fourth-order valence-corrected chi connectivity index (χ4v) is 5.11. The highest BCUT2D eigenvalue weighted by Gasteiger charge is 2.42. The minimum absolute atomic E-state index is 0.114. The molecule has 30 heavy (non-hydrogen) atoms. The molecule has 1 unspecified atom stereocenters. The number of rotatable bonds is 4. The molecular formula is C24H29N3O2S. The van der Waals surface area contributed by atoms with Gasteiger partial charge in [-0.05, 0) is 30.2 Å². The average molecular weight is 424 g/mol. The van der Waals surface area contributed by atoms with Crippen molar-refractivity contribution >= 4 is 23.4 Å². The van der Waals surface area contributed by atoms with Gasteiger partial charge in [0, 0.05) is 29.4 Å². The quantitative estimate of drug-likeness (QED) is 0.533. The molecule has 0 bridgehead atoms. The Kier molecular flexibility index (Phi) is 5.39. The minimum atomic E-state index is -0.388. The maximum atomic E-state index is 13.2. The number of nitrogens with zero attached hydrogens (tertiary/aromatic N) is 1. The SMILES string of the molecule is Cc1ccc(C2C3=C(CC(C)(C)CC3=O)Nc3nc(SCC(C)C)[nH]c(=O)c32)cc1. The molecule has 0 saturated heterocycles. The summed E-state index contributed by atoms with van der Waals surface area (Å²) in [6.07, 6.45) is 1.25. The van der Waals surface area contributed by atoms with Gasteiger partial charge in [0.25, 0.3) is 5.56 Å². The van der Waals surface area contributed by atoms with Gasteiger partial charge in [-0.3, -0.25) is 9.59 Å². The smallest absolute Gasteiger partial charge is 0.257 e. The van der Waals surface area contributed by atoms with Gasteiger partial charge < -0.3 is 10.3 Å². The number of aromatic amines is 1. The Bertz CT molecular complexity index is 1080. The zero-order valence-corrected chi connectivity index (χ0v) is 19.1. The molecule has 2 N–H and O–H groups in total. The fraction of sp³-hybridized carbons (Fsp3) is 0.458. The van der Waals surface area contributed by atoms with Crippen molar-refractivity contribution in [2.24, 2.45) is 11.3 Å². The summed E-state index contributed by atoms with van der Waals surface area (Å²) in [7, 11) is 0. The zero-order valence-electron chi connectivity index (χ0n) is 18.3. The average Bonchev–Trinajstić information content (AvgIpc) is 2.64. The van der Waals surface area contributed by atoms with Gasteiger partial charge in [-0.25, -0.2) is 4.98 Å². The number of H-pyrrole nitrogens is 1. The van der Waals surface area contributed by atoms with Gasteiger partial charge in [-0.1, -0.05) is 69.3 Å². The van der Waals surface area contributed by atoms with Crippen LogP contribution in [0.25, 0.3) is 0 Å². The molecule has 1 aromatic heterocycles. The predicted molar refractivity (Wildman–Crippen MR) is 122 cm³/mol. The fourth-order valence-electron chi connectivity index (χ4n) is 4.30. The number of anilines is 1. The third-order valence-corrected chi connectivity index (χ3v) is 6.96. The summed E-state index contributed by atoms with van der Waals surface area (Å²) < 4.78 is 0. The molecule has 0 amide bonds. The number of fused-ring (bicyclic) bond motifs is 1. The molecule has 0 spiro atoms. The van der Waals surface area contributed by atoms with Gasteiger partial charge in [-0.15, -0.1) is 0 Å². The first kappa shape index (κ1) is 20.9. The molecule has 2 aliphatic rings. The molecule has 0 fully saturated rings. The van der Waals surface area contributed by atoms with Crippen molar-refractivity contribution in [1.82, 2.24) is 9.97 Å². The molecule has 5 nitrogen and oxygen atoms in total. The number of aromatic nitrogens is 2. The van der Waals surface area contributed by atoms with Crippen LogP contribution < -0.4 is 10.9 Å². The molecule has 1 aromatic carbocycles. The van der Waals surface area contributed by atoms with Gasteiger partial charge >= 0.3 is 0 Å². The summed E-state index contributed by atoms with van der Waals surface area (Å²) in [5.41, 5.74) is 3.99. The molecule has 1 atom stereocenters. The lowest BCUT2D eigenvalue weighted by molar-refractivity contribution is -0.118. The molecule has 4 rings (SSSR count). The van der Waals surface area contributed by atoms with E-state index in [4.69, 9.17) is 4.98 Å². The summed E-state index contributed by atoms with van der Waals surface area (Å²) in [4.78, 5) is 34.1. The number of hydrogen-bond acceptors (Lipinski definition) is 5. The topological polar surface area (TPSA) is 74.8 Å². The van der Waals surface area contributed by atoms with Crippen molar-refractivity contribution in [2.45, 2.75) is 58.5 Å². The van der Waals surface area contributed by atoms with Crippen LogP contribution in [-0.2, 0) is 4.79 Å². The first-order chi connectivity index (χ1) is 14.1. The molecule has 0 radical (unpaired) electrons. The van der Waals surface area contributed by atoms with Crippen LogP contribution in [0.4, 0.5) is 5.82 Å². The normalized spacial score (nSPS) is 20.1. The summed E-state index contributed by atoms with van der Waals surface area (Å²) in [5, 5.41) is 4.00. The number of benzene rings is 1. The van der Waals surface area contributed by atoms with E-state index in [0.717, 1.165) is 34.6 Å². The third kappa shape index (κ3) is 3.97. The number of aryl methyl sites for hydroxylation is 1. The highest BCUT2D eigenvalue weighted by Crippen LogP contribution is 2.47.